The maximum Gasteiger partial charge on any atom is 0.222 e. The van der Waals surface area contributed by atoms with Crippen molar-refractivity contribution in [1.29, 1.82) is 0 Å². The lowest BCUT2D eigenvalue weighted by Crippen LogP contribution is -2.48. The van der Waals surface area contributed by atoms with E-state index in [9.17, 15) is 4.79 Å². The minimum atomic E-state index is 0.0925. The molecule has 1 fully saturated rings. The highest BCUT2D eigenvalue weighted by Gasteiger charge is 2.25. The first kappa shape index (κ1) is 23.8. The molecule has 2 aromatic heterocycles. The molecule has 35 heavy (non-hydrogen) atoms. The van der Waals surface area contributed by atoms with Crippen LogP contribution in [0.1, 0.15) is 37.8 Å². The fraction of sp³-hybridized carbons (Fsp3) is 0.407. The summed E-state index contributed by atoms with van der Waals surface area (Å²) in [6.45, 7) is 8.20. The van der Waals surface area contributed by atoms with Crippen molar-refractivity contribution in [3.8, 4) is 0 Å². The van der Waals surface area contributed by atoms with E-state index in [2.05, 4.69) is 58.1 Å². The standard InChI is InChI=1S/C27H31N5O2S/c1-18-10-12-21(13-11-18)17-32-23-8-5-4-7-22(23)25-26(32)28-27(30-29-25)35-14-6-9-24(33)31-15-19(2)34-20(3)16-31/h4-5,7-8,10-13,19-20H,6,9,14-17H2,1-3H3. The Kier molecular flexibility index (Phi) is 7.02. The topological polar surface area (TPSA) is 73.1 Å². The molecule has 8 heteroatoms. The molecule has 1 aliphatic heterocycles. The number of ether oxygens (including phenoxy) is 1. The van der Waals surface area contributed by atoms with Crippen LogP contribution in [0.2, 0.25) is 0 Å². The second-order valence-corrected chi connectivity index (χ2v) is 10.4. The Hall–Kier alpha value is -2.97. The Bertz CT molecular complexity index is 1330. The third-order valence-corrected chi connectivity index (χ3v) is 7.28. The number of rotatable bonds is 7. The number of hydrogen-bond donors (Lipinski definition) is 0. The highest BCUT2D eigenvalue weighted by Crippen LogP contribution is 2.28. The summed E-state index contributed by atoms with van der Waals surface area (Å²) in [5.41, 5.74) is 5.23. The van der Waals surface area contributed by atoms with Crippen LogP contribution < -0.4 is 0 Å². The smallest absolute Gasteiger partial charge is 0.222 e. The summed E-state index contributed by atoms with van der Waals surface area (Å²) in [5.74, 6) is 0.965. The van der Waals surface area contributed by atoms with Crippen molar-refractivity contribution >= 4 is 39.7 Å². The summed E-state index contributed by atoms with van der Waals surface area (Å²) in [7, 11) is 0. The summed E-state index contributed by atoms with van der Waals surface area (Å²) < 4.78 is 7.96. The molecule has 0 spiro atoms. The zero-order valence-electron chi connectivity index (χ0n) is 20.5. The number of thioether (sulfide) groups is 1. The van der Waals surface area contributed by atoms with Crippen molar-refractivity contribution in [2.45, 2.75) is 57.5 Å². The van der Waals surface area contributed by atoms with Crippen LogP contribution in [0, 0.1) is 6.92 Å². The van der Waals surface area contributed by atoms with Gasteiger partial charge in [0.25, 0.3) is 0 Å². The Labute approximate surface area is 209 Å². The molecule has 2 aromatic carbocycles. The van der Waals surface area contributed by atoms with Gasteiger partial charge in [-0.25, -0.2) is 4.98 Å². The van der Waals surface area contributed by atoms with Gasteiger partial charge in [-0.3, -0.25) is 4.79 Å². The van der Waals surface area contributed by atoms with Crippen molar-refractivity contribution in [2.24, 2.45) is 0 Å². The SMILES string of the molecule is Cc1ccc(Cn2c3ccccc3c3nnc(SCCCC(=O)N4CC(C)OC(C)C4)nc32)cc1. The van der Waals surface area contributed by atoms with E-state index < -0.39 is 0 Å². The molecule has 0 radical (unpaired) electrons. The Balaban J connectivity index is 1.29. The van der Waals surface area contributed by atoms with Crippen molar-refractivity contribution in [1.82, 2.24) is 24.6 Å². The van der Waals surface area contributed by atoms with Gasteiger partial charge in [-0.1, -0.05) is 59.8 Å². The van der Waals surface area contributed by atoms with E-state index in [4.69, 9.17) is 9.72 Å². The highest BCUT2D eigenvalue weighted by atomic mass is 32.2. The largest absolute Gasteiger partial charge is 0.372 e. The number of amides is 1. The quantitative estimate of drug-likeness (QED) is 0.273. The summed E-state index contributed by atoms with van der Waals surface area (Å²) in [6, 6.07) is 16.8. The Morgan fingerprint density at radius 1 is 1.06 bits per heavy atom. The molecule has 2 atom stereocenters. The molecule has 1 saturated heterocycles. The number of morpholine rings is 1. The molecule has 182 valence electrons. The van der Waals surface area contributed by atoms with Gasteiger partial charge in [0, 0.05) is 37.2 Å². The lowest BCUT2D eigenvalue weighted by atomic mass is 10.1. The number of carbonyl (C=O) groups excluding carboxylic acids is 1. The van der Waals surface area contributed by atoms with E-state index in [-0.39, 0.29) is 18.1 Å². The fourth-order valence-electron chi connectivity index (χ4n) is 4.71. The van der Waals surface area contributed by atoms with E-state index >= 15 is 0 Å². The van der Waals surface area contributed by atoms with Crippen molar-refractivity contribution in [3.63, 3.8) is 0 Å². The second-order valence-electron chi connectivity index (χ2n) is 9.36. The average molecular weight is 490 g/mol. The molecular formula is C27H31N5O2S. The lowest BCUT2D eigenvalue weighted by Gasteiger charge is -2.35. The number of benzene rings is 2. The van der Waals surface area contributed by atoms with E-state index in [0.717, 1.165) is 40.8 Å². The first-order valence-electron chi connectivity index (χ1n) is 12.2. The molecule has 0 aliphatic carbocycles. The molecule has 1 aliphatic rings. The minimum Gasteiger partial charge on any atom is -0.372 e. The van der Waals surface area contributed by atoms with Gasteiger partial charge in [-0.05, 0) is 38.8 Å². The number of fused-ring (bicyclic) bond motifs is 3. The molecule has 3 heterocycles. The summed E-state index contributed by atoms with van der Waals surface area (Å²) in [6.07, 6.45) is 1.48. The molecule has 5 rings (SSSR count). The molecule has 7 nitrogen and oxygen atoms in total. The molecule has 0 saturated carbocycles. The van der Waals surface area contributed by atoms with Crippen LogP contribution >= 0.6 is 11.8 Å². The van der Waals surface area contributed by atoms with Crippen LogP contribution in [0.25, 0.3) is 22.1 Å². The summed E-state index contributed by atoms with van der Waals surface area (Å²) in [5, 5.41) is 10.6. The van der Waals surface area contributed by atoms with Gasteiger partial charge < -0.3 is 14.2 Å². The number of nitrogens with zero attached hydrogens (tertiary/aromatic N) is 5. The molecule has 4 aromatic rings. The van der Waals surface area contributed by atoms with Crippen LogP contribution in [0.5, 0.6) is 0 Å². The van der Waals surface area contributed by atoms with E-state index in [1.165, 1.54) is 11.1 Å². The van der Waals surface area contributed by atoms with Crippen molar-refractivity contribution in [2.75, 3.05) is 18.8 Å². The second kappa shape index (κ2) is 10.3. The highest BCUT2D eigenvalue weighted by molar-refractivity contribution is 7.99. The van der Waals surface area contributed by atoms with E-state index in [1.807, 2.05) is 30.9 Å². The maximum absolute atomic E-state index is 12.6. The van der Waals surface area contributed by atoms with Gasteiger partial charge in [0.1, 0.15) is 5.52 Å². The minimum absolute atomic E-state index is 0.0925. The van der Waals surface area contributed by atoms with Crippen LogP contribution in [-0.2, 0) is 16.1 Å². The number of para-hydroxylation sites is 1. The zero-order valence-corrected chi connectivity index (χ0v) is 21.3. The predicted molar refractivity (Wildman–Crippen MR) is 140 cm³/mol. The van der Waals surface area contributed by atoms with Crippen LogP contribution in [-0.4, -0.2) is 61.6 Å². The van der Waals surface area contributed by atoms with Crippen LogP contribution in [0.4, 0.5) is 0 Å². The third kappa shape index (κ3) is 5.33. The van der Waals surface area contributed by atoms with Gasteiger partial charge >= 0.3 is 0 Å². The fourth-order valence-corrected chi connectivity index (χ4v) is 5.43. The maximum atomic E-state index is 12.6. The molecule has 2 unspecified atom stereocenters. The van der Waals surface area contributed by atoms with Gasteiger partial charge in [0.05, 0.1) is 17.7 Å². The summed E-state index contributed by atoms with van der Waals surface area (Å²) >= 11 is 1.56. The Morgan fingerprint density at radius 2 is 1.80 bits per heavy atom. The molecule has 1 amide bonds. The lowest BCUT2D eigenvalue weighted by molar-refractivity contribution is -0.143. The van der Waals surface area contributed by atoms with Crippen molar-refractivity contribution in [3.05, 3.63) is 59.7 Å². The van der Waals surface area contributed by atoms with E-state index in [0.29, 0.717) is 24.7 Å². The number of aromatic nitrogens is 4. The monoisotopic (exact) mass is 489 g/mol. The number of carbonyl (C=O) groups is 1. The average Bonchev–Trinajstić information content (AvgIpc) is 3.15. The van der Waals surface area contributed by atoms with Gasteiger partial charge in [-0.15, -0.1) is 10.2 Å². The van der Waals surface area contributed by atoms with Gasteiger partial charge in [0.15, 0.2) is 5.65 Å². The van der Waals surface area contributed by atoms with Crippen LogP contribution in [0.15, 0.2) is 53.7 Å². The van der Waals surface area contributed by atoms with Crippen LogP contribution in [0.3, 0.4) is 0 Å². The molecule has 0 bridgehead atoms. The zero-order chi connectivity index (χ0) is 24.4. The van der Waals surface area contributed by atoms with E-state index in [1.54, 1.807) is 11.8 Å². The molecular weight excluding hydrogens is 458 g/mol. The Morgan fingerprint density at radius 3 is 2.57 bits per heavy atom. The first-order chi connectivity index (χ1) is 17.0. The number of hydrogen-bond acceptors (Lipinski definition) is 6. The van der Waals surface area contributed by atoms with Gasteiger partial charge in [0.2, 0.25) is 11.1 Å². The van der Waals surface area contributed by atoms with Crippen molar-refractivity contribution < 1.29 is 9.53 Å². The third-order valence-electron chi connectivity index (χ3n) is 6.35. The molecule has 0 N–H and O–H groups in total. The number of aryl methyl sites for hydroxylation is 1. The predicted octanol–water partition coefficient (Wildman–Crippen LogP) is 4.84. The summed E-state index contributed by atoms with van der Waals surface area (Å²) in [4.78, 5) is 19.4. The normalized spacial score (nSPS) is 18.4. The van der Waals surface area contributed by atoms with Gasteiger partial charge in [-0.2, -0.15) is 0 Å². The first-order valence-corrected chi connectivity index (χ1v) is 13.2.